The third kappa shape index (κ3) is 3.74. The fourth-order valence-electron chi connectivity index (χ4n) is 3.45. The molecule has 2 N–H and O–H groups in total. The van der Waals surface area contributed by atoms with Gasteiger partial charge in [-0.05, 0) is 37.8 Å². The predicted octanol–water partition coefficient (Wildman–Crippen LogP) is 3.44. The number of aliphatic hydroxyl groups excluding tert-OH is 1. The van der Waals surface area contributed by atoms with Crippen molar-refractivity contribution in [2.45, 2.75) is 38.6 Å². The van der Waals surface area contributed by atoms with Crippen molar-refractivity contribution in [3.63, 3.8) is 0 Å². The van der Waals surface area contributed by atoms with E-state index in [1.54, 1.807) is 6.20 Å². The zero-order valence-corrected chi connectivity index (χ0v) is 16.7. The van der Waals surface area contributed by atoms with Crippen LogP contribution in [-0.4, -0.2) is 46.9 Å². The van der Waals surface area contributed by atoms with E-state index in [1.165, 1.54) is 30.6 Å². The summed E-state index contributed by atoms with van der Waals surface area (Å²) in [5, 5.41) is 17.8. The maximum atomic E-state index is 12.3. The summed E-state index contributed by atoms with van der Waals surface area (Å²) < 4.78 is 5.56. The lowest BCUT2D eigenvalue weighted by Crippen LogP contribution is -2.36. The topological polar surface area (TPSA) is 91.5 Å². The second kappa shape index (κ2) is 8.28. The largest absolute Gasteiger partial charge is 0.394 e. The Morgan fingerprint density at radius 3 is 2.93 bits per heavy atom. The molecule has 1 fully saturated rings. The summed E-state index contributed by atoms with van der Waals surface area (Å²) in [5.41, 5.74) is 2.53. The number of carbonyl (C=O) groups excluding carboxylic acids is 1. The van der Waals surface area contributed by atoms with Crippen LogP contribution in [0.5, 0.6) is 0 Å². The molecule has 148 valence electrons. The normalized spacial score (nSPS) is 15.7. The minimum Gasteiger partial charge on any atom is -0.394 e. The molecule has 1 aromatic carbocycles. The third-order valence-electron chi connectivity index (χ3n) is 5.16. The number of fused-ring (bicyclic) bond motifs is 1. The van der Waals surface area contributed by atoms with E-state index in [1.807, 2.05) is 19.1 Å². The number of hydrogen-bond acceptors (Lipinski definition) is 7. The SMILES string of the molecule is CC[C@H](CO)NC(=O)c1cnc(-c2noc3cc(N4CCCCC4)ccc23)s1. The molecule has 1 aliphatic rings. The van der Waals surface area contributed by atoms with E-state index in [0.29, 0.717) is 22.0 Å². The number of amides is 1. The maximum Gasteiger partial charge on any atom is 0.263 e. The lowest BCUT2D eigenvalue weighted by molar-refractivity contribution is 0.0919. The van der Waals surface area contributed by atoms with E-state index >= 15 is 0 Å². The minimum absolute atomic E-state index is 0.0822. The van der Waals surface area contributed by atoms with Gasteiger partial charge in [-0.2, -0.15) is 0 Å². The zero-order chi connectivity index (χ0) is 19.5. The smallest absolute Gasteiger partial charge is 0.263 e. The summed E-state index contributed by atoms with van der Waals surface area (Å²) in [5.74, 6) is -0.232. The highest BCUT2D eigenvalue weighted by Crippen LogP contribution is 2.33. The molecule has 0 bridgehead atoms. The van der Waals surface area contributed by atoms with Crippen molar-refractivity contribution in [3.05, 3.63) is 29.3 Å². The first-order valence-corrected chi connectivity index (χ1v) is 10.5. The van der Waals surface area contributed by atoms with Gasteiger partial charge in [0.2, 0.25) is 0 Å². The van der Waals surface area contributed by atoms with Crippen molar-refractivity contribution in [3.8, 4) is 10.7 Å². The average Bonchev–Trinajstić information content (AvgIpc) is 3.39. The van der Waals surface area contributed by atoms with Gasteiger partial charge < -0.3 is 19.8 Å². The van der Waals surface area contributed by atoms with Crippen LogP contribution in [0.3, 0.4) is 0 Å². The summed E-state index contributed by atoms with van der Waals surface area (Å²) in [7, 11) is 0. The molecule has 0 unspecified atom stereocenters. The number of nitrogens with one attached hydrogen (secondary N) is 1. The Balaban J connectivity index is 1.56. The van der Waals surface area contributed by atoms with Crippen LogP contribution in [0.4, 0.5) is 5.69 Å². The van der Waals surface area contributed by atoms with Crippen molar-refractivity contribution in [2.24, 2.45) is 0 Å². The summed E-state index contributed by atoms with van der Waals surface area (Å²) in [4.78, 5) is 19.6. The number of aromatic nitrogens is 2. The van der Waals surface area contributed by atoms with Gasteiger partial charge in [-0.15, -0.1) is 11.3 Å². The second-order valence-corrected chi connectivity index (χ2v) is 8.08. The van der Waals surface area contributed by atoms with Gasteiger partial charge in [-0.3, -0.25) is 4.79 Å². The molecule has 3 aromatic rings. The average molecular weight is 401 g/mol. The zero-order valence-electron chi connectivity index (χ0n) is 15.9. The van der Waals surface area contributed by atoms with E-state index in [-0.39, 0.29) is 18.6 Å². The second-order valence-electron chi connectivity index (χ2n) is 7.05. The molecule has 2 aromatic heterocycles. The first-order chi connectivity index (χ1) is 13.7. The van der Waals surface area contributed by atoms with Crippen LogP contribution >= 0.6 is 11.3 Å². The van der Waals surface area contributed by atoms with Crippen molar-refractivity contribution in [2.75, 3.05) is 24.6 Å². The number of piperidine rings is 1. The van der Waals surface area contributed by atoms with E-state index in [9.17, 15) is 9.90 Å². The van der Waals surface area contributed by atoms with E-state index < -0.39 is 0 Å². The van der Waals surface area contributed by atoms with Gasteiger partial charge >= 0.3 is 0 Å². The molecule has 1 amide bonds. The number of thiazole rings is 1. The monoisotopic (exact) mass is 400 g/mol. The Labute approximate surface area is 167 Å². The fraction of sp³-hybridized carbons (Fsp3) is 0.450. The number of carbonyl (C=O) groups is 1. The lowest BCUT2D eigenvalue weighted by atomic mass is 10.1. The van der Waals surface area contributed by atoms with E-state index in [2.05, 4.69) is 26.4 Å². The van der Waals surface area contributed by atoms with Gasteiger partial charge in [0.1, 0.15) is 15.6 Å². The van der Waals surface area contributed by atoms with Crippen molar-refractivity contribution in [1.82, 2.24) is 15.5 Å². The Hall–Kier alpha value is -2.45. The summed E-state index contributed by atoms with van der Waals surface area (Å²) >= 11 is 1.27. The van der Waals surface area contributed by atoms with Gasteiger partial charge in [-0.1, -0.05) is 12.1 Å². The summed E-state index contributed by atoms with van der Waals surface area (Å²) in [6.45, 7) is 3.98. The molecule has 1 aliphatic heterocycles. The van der Waals surface area contributed by atoms with Crippen LogP contribution in [0.15, 0.2) is 28.9 Å². The van der Waals surface area contributed by atoms with Gasteiger partial charge in [0.05, 0.1) is 24.2 Å². The van der Waals surface area contributed by atoms with Crippen LogP contribution in [0.25, 0.3) is 21.7 Å². The molecule has 8 heteroatoms. The van der Waals surface area contributed by atoms with Crippen LogP contribution in [-0.2, 0) is 0 Å². The van der Waals surface area contributed by atoms with Gasteiger partial charge in [0.25, 0.3) is 5.91 Å². The van der Waals surface area contributed by atoms with Gasteiger partial charge in [-0.25, -0.2) is 4.98 Å². The highest BCUT2D eigenvalue weighted by Gasteiger charge is 2.19. The molecule has 7 nitrogen and oxygen atoms in total. The number of hydrogen-bond donors (Lipinski definition) is 2. The molecule has 0 aliphatic carbocycles. The van der Waals surface area contributed by atoms with Crippen LogP contribution in [0.1, 0.15) is 42.3 Å². The van der Waals surface area contributed by atoms with Crippen LogP contribution in [0.2, 0.25) is 0 Å². The Bertz CT molecular complexity index is 957. The standard InChI is InChI=1S/C20H24N4O3S/c1-2-13(12-25)22-19(26)17-11-21-20(28-17)18-15-7-6-14(10-16(15)27-23-18)24-8-4-3-5-9-24/h6-7,10-11,13,25H,2-5,8-9,12H2,1H3,(H,22,26)/t13-/m1/s1. The van der Waals surface area contributed by atoms with Gasteiger partial charge in [0, 0.05) is 24.8 Å². The molecule has 3 heterocycles. The Kier molecular flexibility index (Phi) is 5.59. The first-order valence-electron chi connectivity index (χ1n) is 9.72. The van der Waals surface area contributed by atoms with E-state index in [0.717, 1.165) is 29.7 Å². The molecule has 0 saturated carbocycles. The van der Waals surface area contributed by atoms with E-state index in [4.69, 9.17) is 4.52 Å². The van der Waals surface area contributed by atoms with Crippen molar-refractivity contribution in [1.29, 1.82) is 0 Å². The quantitative estimate of drug-likeness (QED) is 0.659. The Morgan fingerprint density at radius 2 is 2.18 bits per heavy atom. The first kappa shape index (κ1) is 18.9. The highest BCUT2D eigenvalue weighted by atomic mass is 32.1. The van der Waals surface area contributed by atoms with Crippen LogP contribution in [0, 0.1) is 0 Å². The summed E-state index contributed by atoms with van der Waals surface area (Å²) in [6, 6.07) is 5.90. The van der Waals surface area contributed by atoms with Crippen LogP contribution < -0.4 is 10.2 Å². The molecule has 0 radical (unpaired) electrons. The molecule has 1 atom stereocenters. The molecular weight excluding hydrogens is 376 g/mol. The molecule has 28 heavy (non-hydrogen) atoms. The number of nitrogens with zero attached hydrogens (tertiary/aromatic N) is 3. The minimum atomic E-state index is -0.251. The van der Waals surface area contributed by atoms with Crippen molar-refractivity contribution >= 4 is 33.9 Å². The van der Waals surface area contributed by atoms with Gasteiger partial charge in [0.15, 0.2) is 5.58 Å². The third-order valence-corrected chi connectivity index (χ3v) is 6.16. The maximum absolute atomic E-state index is 12.3. The number of benzene rings is 1. The number of aliphatic hydroxyl groups is 1. The molecule has 0 spiro atoms. The number of anilines is 1. The van der Waals surface area contributed by atoms with Crippen molar-refractivity contribution < 1.29 is 14.4 Å². The molecule has 4 rings (SSSR count). The molecule has 1 saturated heterocycles. The lowest BCUT2D eigenvalue weighted by Gasteiger charge is -2.28. The highest BCUT2D eigenvalue weighted by molar-refractivity contribution is 7.17. The molecular formula is C20H24N4O3S. The predicted molar refractivity (Wildman–Crippen MR) is 110 cm³/mol. The fourth-order valence-corrected chi connectivity index (χ4v) is 4.27. The summed E-state index contributed by atoms with van der Waals surface area (Å²) in [6.07, 6.45) is 5.95. The number of rotatable bonds is 6. The Morgan fingerprint density at radius 1 is 1.36 bits per heavy atom.